The number of rotatable bonds is 7. The molecule has 3 aromatic rings. The van der Waals surface area contributed by atoms with Crippen LogP contribution in [0.15, 0.2) is 53.7 Å². The highest BCUT2D eigenvalue weighted by molar-refractivity contribution is 7.89. The maximum absolute atomic E-state index is 13.1. The molecular formula is C21H24N6O4S. The van der Waals surface area contributed by atoms with Crippen LogP contribution >= 0.6 is 0 Å². The van der Waals surface area contributed by atoms with Crippen LogP contribution in [0.5, 0.6) is 5.75 Å². The van der Waals surface area contributed by atoms with Crippen molar-refractivity contribution in [1.29, 1.82) is 0 Å². The van der Waals surface area contributed by atoms with Crippen molar-refractivity contribution in [2.75, 3.05) is 25.0 Å². The summed E-state index contributed by atoms with van der Waals surface area (Å²) >= 11 is 0. The monoisotopic (exact) mass is 456 g/mol. The van der Waals surface area contributed by atoms with Gasteiger partial charge in [-0.05, 0) is 60.0 Å². The zero-order valence-corrected chi connectivity index (χ0v) is 18.5. The number of sulfonamides is 1. The van der Waals surface area contributed by atoms with Crippen molar-refractivity contribution >= 4 is 21.6 Å². The number of hydrogen-bond acceptors (Lipinski definition) is 7. The van der Waals surface area contributed by atoms with E-state index in [4.69, 9.17) is 4.74 Å². The minimum absolute atomic E-state index is 0.215. The molecule has 0 bridgehead atoms. The Morgan fingerprint density at radius 1 is 1.12 bits per heavy atom. The Kier molecular flexibility index (Phi) is 6.47. The van der Waals surface area contributed by atoms with E-state index in [1.54, 1.807) is 43.3 Å². The number of anilines is 1. The Labute approximate surface area is 186 Å². The first kappa shape index (κ1) is 21.9. The second-order valence-electron chi connectivity index (χ2n) is 7.53. The molecule has 0 aliphatic carbocycles. The summed E-state index contributed by atoms with van der Waals surface area (Å²) in [5.41, 5.74) is 1.74. The first-order valence-electron chi connectivity index (χ1n) is 10.3. The number of carbonyl (C=O) groups excluding carboxylic acids is 1. The molecule has 1 saturated heterocycles. The lowest BCUT2D eigenvalue weighted by atomic mass is 10.2. The average Bonchev–Trinajstić information content (AvgIpc) is 3.35. The molecule has 0 saturated carbocycles. The van der Waals surface area contributed by atoms with Crippen molar-refractivity contribution in [3.05, 3.63) is 54.4 Å². The maximum Gasteiger partial charge on any atom is 0.262 e. The van der Waals surface area contributed by atoms with E-state index in [0.717, 1.165) is 19.3 Å². The molecule has 1 aromatic heterocycles. The molecule has 0 atom stereocenters. The van der Waals surface area contributed by atoms with Crippen molar-refractivity contribution in [2.45, 2.75) is 31.1 Å². The Balaban J connectivity index is 1.42. The molecule has 1 fully saturated rings. The predicted molar refractivity (Wildman–Crippen MR) is 117 cm³/mol. The molecule has 11 heteroatoms. The third-order valence-corrected chi connectivity index (χ3v) is 7.25. The minimum Gasteiger partial charge on any atom is -0.484 e. The lowest BCUT2D eigenvalue weighted by Crippen LogP contribution is -2.36. The van der Waals surface area contributed by atoms with Gasteiger partial charge in [0.15, 0.2) is 6.61 Å². The van der Waals surface area contributed by atoms with E-state index in [0.29, 0.717) is 35.8 Å². The smallest absolute Gasteiger partial charge is 0.262 e. The number of aryl methyl sites for hydroxylation is 1. The summed E-state index contributed by atoms with van der Waals surface area (Å²) in [6, 6.07) is 11.9. The summed E-state index contributed by atoms with van der Waals surface area (Å²) < 4.78 is 34.7. The van der Waals surface area contributed by atoms with Gasteiger partial charge in [0.05, 0.1) is 10.6 Å². The van der Waals surface area contributed by atoms with Gasteiger partial charge in [0.2, 0.25) is 10.0 Å². The fraction of sp³-hybridized carbons (Fsp3) is 0.333. The number of piperidine rings is 1. The number of hydrogen-bond donors (Lipinski definition) is 1. The third-order valence-electron chi connectivity index (χ3n) is 5.21. The molecular weight excluding hydrogens is 432 g/mol. The van der Waals surface area contributed by atoms with Gasteiger partial charge < -0.3 is 10.1 Å². The van der Waals surface area contributed by atoms with Crippen molar-refractivity contribution in [3.63, 3.8) is 0 Å². The molecule has 0 radical (unpaired) electrons. The standard InChI is InChI=1S/C21H24N6O4S/c1-16-8-9-17(12-20(16)32(29,30)26-10-3-2-4-11-26)23-21(28)14-31-19-7-5-6-18(13-19)27-15-22-24-25-27/h5-9,12-13,15H,2-4,10-11,14H2,1H3,(H,23,28). The van der Waals surface area contributed by atoms with Crippen LogP contribution in [0.4, 0.5) is 5.69 Å². The van der Waals surface area contributed by atoms with E-state index >= 15 is 0 Å². The van der Waals surface area contributed by atoms with Crippen LogP contribution in [0, 0.1) is 6.92 Å². The molecule has 1 amide bonds. The second kappa shape index (κ2) is 9.45. The summed E-state index contributed by atoms with van der Waals surface area (Å²) in [6.45, 7) is 2.57. The highest BCUT2D eigenvalue weighted by Gasteiger charge is 2.27. The van der Waals surface area contributed by atoms with Crippen LogP contribution in [0.25, 0.3) is 5.69 Å². The van der Waals surface area contributed by atoms with Gasteiger partial charge in [-0.25, -0.2) is 13.1 Å². The summed E-state index contributed by atoms with van der Waals surface area (Å²) in [5.74, 6) is 0.0772. The molecule has 2 aromatic carbocycles. The number of nitrogens with zero attached hydrogens (tertiary/aromatic N) is 5. The van der Waals surface area contributed by atoms with E-state index in [-0.39, 0.29) is 11.5 Å². The molecule has 1 aliphatic rings. The third kappa shape index (κ3) is 4.94. The molecule has 4 rings (SSSR count). The minimum atomic E-state index is -3.60. The van der Waals surface area contributed by atoms with Gasteiger partial charge in [0, 0.05) is 24.8 Å². The van der Waals surface area contributed by atoms with E-state index < -0.39 is 15.9 Å². The number of carbonyl (C=O) groups is 1. The fourth-order valence-corrected chi connectivity index (χ4v) is 5.31. The molecule has 1 N–H and O–H groups in total. The lowest BCUT2D eigenvalue weighted by Gasteiger charge is -2.26. The molecule has 168 valence electrons. The van der Waals surface area contributed by atoms with Crippen molar-refractivity contribution < 1.29 is 17.9 Å². The van der Waals surface area contributed by atoms with Crippen molar-refractivity contribution in [1.82, 2.24) is 24.5 Å². The fourth-order valence-electron chi connectivity index (χ4n) is 3.54. The van der Waals surface area contributed by atoms with E-state index in [9.17, 15) is 13.2 Å². The Morgan fingerprint density at radius 3 is 2.69 bits per heavy atom. The second-order valence-corrected chi connectivity index (χ2v) is 9.44. The highest BCUT2D eigenvalue weighted by Crippen LogP contribution is 2.26. The topological polar surface area (TPSA) is 119 Å². The first-order chi connectivity index (χ1) is 15.4. The summed E-state index contributed by atoms with van der Waals surface area (Å²) in [7, 11) is -3.60. The van der Waals surface area contributed by atoms with Crippen LogP contribution < -0.4 is 10.1 Å². The van der Waals surface area contributed by atoms with Gasteiger partial charge in [-0.2, -0.15) is 4.31 Å². The largest absolute Gasteiger partial charge is 0.484 e. The van der Waals surface area contributed by atoms with Gasteiger partial charge in [-0.15, -0.1) is 5.10 Å². The van der Waals surface area contributed by atoms with Crippen molar-refractivity contribution in [3.8, 4) is 11.4 Å². The zero-order valence-electron chi connectivity index (χ0n) is 17.6. The van der Waals surface area contributed by atoms with E-state index in [2.05, 4.69) is 20.8 Å². The van der Waals surface area contributed by atoms with Crippen LogP contribution in [0.3, 0.4) is 0 Å². The van der Waals surface area contributed by atoms with Crippen molar-refractivity contribution in [2.24, 2.45) is 0 Å². The van der Waals surface area contributed by atoms with Gasteiger partial charge in [-0.3, -0.25) is 4.79 Å². The first-order valence-corrected chi connectivity index (χ1v) is 11.7. The van der Waals surface area contributed by atoms with Gasteiger partial charge in [0.1, 0.15) is 12.1 Å². The Bertz CT molecular complexity index is 1190. The zero-order chi connectivity index (χ0) is 22.6. The number of tetrazole rings is 1. The number of ether oxygens (including phenoxy) is 1. The molecule has 32 heavy (non-hydrogen) atoms. The van der Waals surface area contributed by atoms with Crippen LogP contribution in [-0.4, -0.2) is 58.5 Å². The van der Waals surface area contributed by atoms with E-state index in [1.807, 2.05) is 0 Å². The Hall–Kier alpha value is -3.31. The molecule has 2 heterocycles. The van der Waals surface area contributed by atoms with Gasteiger partial charge in [0.25, 0.3) is 5.91 Å². The number of nitrogens with one attached hydrogen (secondary N) is 1. The molecule has 1 aliphatic heterocycles. The highest BCUT2D eigenvalue weighted by atomic mass is 32.2. The van der Waals surface area contributed by atoms with Crippen LogP contribution in [-0.2, 0) is 14.8 Å². The Morgan fingerprint density at radius 2 is 1.94 bits per heavy atom. The summed E-state index contributed by atoms with van der Waals surface area (Å²) in [5, 5.41) is 13.7. The number of amides is 1. The quantitative estimate of drug-likeness (QED) is 0.578. The summed E-state index contributed by atoms with van der Waals surface area (Å²) in [6.07, 6.45) is 4.22. The number of benzene rings is 2. The van der Waals surface area contributed by atoms with Crippen LogP contribution in [0.2, 0.25) is 0 Å². The number of aromatic nitrogens is 4. The predicted octanol–water partition coefficient (Wildman–Crippen LogP) is 2.16. The maximum atomic E-state index is 13.1. The SMILES string of the molecule is Cc1ccc(NC(=O)COc2cccc(-n3cnnn3)c2)cc1S(=O)(=O)N1CCCCC1. The van der Waals surface area contributed by atoms with Gasteiger partial charge >= 0.3 is 0 Å². The van der Waals surface area contributed by atoms with Gasteiger partial charge in [-0.1, -0.05) is 18.6 Å². The lowest BCUT2D eigenvalue weighted by molar-refractivity contribution is -0.118. The molecule has 10 nitrogen and oxygen atoms in total. The molecule has 0 spiro atoms. The summed E-state index contributed by atoms with van der Waals surface area (Å²) in [4.78, 5) is 12.6. The average molecular weight is 457 g/mol. The van der Waals surface area contributed by atoms with E-state index in [1.165, 1.54) is 21.4 Å². The van der Waals surface area contributed by atoms with Crippen LogP contribution in [0.1, 0.15) is 24.8 Å². The molecule has 0 unspecified atom stereocenters. The normalized spacial score (nSPS) is 14.8.